The molecule has 2 aromatic heterocycles. The summed E-state index contributed by atoms with van der Waals surface area (Å²) in [5, 5.41) is 4.60. The van der Waals surface area contributed by atoms with Crippen molar-refractivity contribution < 1.29 is 9.13 Å². The van der Waals surface area contributed by atoms with Crippen LogP contribution in [0, 0.1) is 19.7 Å². The molecule has 0 radical (unpaired) electrons. The first kappa shape index (κ1) is 18.2. The smallest absolute Gasteiger partial charge is 0.139 e. The van der Waals surface area contributed by atoms with Gasteiger partial charge in [-0.2, -0.15) is 5.10 Å². The van der Waals surface area contributed by atoms with E-state index in [2.05, 4.69) is 29.7 Å². The number of benzene rings is 1. The number of ether oxygens (including phenoxy) is 1. The molecule has 0 saturated carbocycles. The fourth-order valence-electron chi connectivity index (χ4n) is 2.87. The number of fused-ring (bicyclic) bond motifs is 1. The Morgan fingerprint density at radius 3 is 2.72 bits per heavy atom. The van der Waals surface area contributed by atoms with E-state index in [1.54, 1.807) is 11.6 Å². The van der Waals surface area contributed by atoms with E-state index < -0.39 is 8.07 Å². The molecular weight excluding hydrogens is 353 g/mol. The van der Waals surface area contributed by atoms with Gasteiger partial charge < -0.3 is 4.74 Å². The maximum Gasteiger partial charge on any atom is 0.139 e. The molecule has 0 saturated heterocycles. The standard InChI is InChI=1S/C18H24FN3OSSi/c1-12-17(15-8-14(19)9-16-18(15)20-10-24-16)13(2)22(21-12)11-23-6-7-25(3,4)5/h8-10H,6-7,11H2,1-5H3. The summed E-state index contributed by atoms with van der Waals surface area (Å²) in [6.07, 6.45) is 0. The zero-order valence-electron chi connectivity index (χ0n) is 15.4. The normalized spacial score (nSPS) is 12.2. The Hall–Kier alpha value is -1.57. The van der Waals surface area contributed by atoms with E-state index in [1.165, 1.54) is 17.4 Å². The Balaban J connectivity index is 1.88. The molecule has 3 aromatic rings. The highest BCUT2D eigenvalue weighted by molar-refractivity contribution is 7.16. The van der Waals surface area contributed by atoms with Crippen molar-refractivity contribution in [3.63, 3.8) is 0 Å². The molecule has 25 heavy (non-hydrogen) atoms. The van der Waals surface area contributed by atoms with Gasteiger partial charge in [-0.3, -0.25) is 0 Å². The second-order valence-electron chi connectivity index (χ2n) is 7.55. The van der Waals surface area contributed by atoms with Crippen molar-refractivity contribution in [2.75, 3.05) is 6.61 Å². The molecule has 0 aliphatic heterocycles. The molecule has 0 spiro atoms. The van der Waals surface area contributed by atoms with Crippen molar-refractivity contribution in [1.82, 2.24) is 14.8 Å². The molecule has 0 N–H and O–H groups in total. The molecule has 0 aliphatic carbocycles. The lowest BCUT2D eigenvalue weighted by molar-refractivity contribution is 0.0770. The molecule has 134 valence electrons. The first-order valence-corrected chi connectivity index (χ1v) is 13.0. The van der Waals surface area contributed by atoms with Crippen LogP contribution in [-0.4, -0.2) is 29.4 Å². The highest BCUT2D eigenvalue weighted by Gasteiger charge is 2.18. The minimum atomic E-state index is -1.10. The third kappa shape index (κ3) is 3.99. The first-order valence-electron chi connectivity index (χ1n) is 8.41. The summed E-state index contributed by atoms with van der Waals surface area (Å²) in [6.45, 7) is 12.1. The Labute approximate surface area is 152 Å². The highest BCUT2D eigenvalue weighted by atomic mass is 32.1. The van der Waals surface area contributed by atoms with Crippen molar-refractivity contribution in [1.29, 1.82) is 0 Å². The third-order valence-corrected chi connectivity index (χ3v) is 6.74. The minimum absolute atomic E-state index is 0.246. The predicted octanol–water partition coefficient (Wildman–Crippen LogP) is 5.23. The van der Waals surface area contributed by atoms with Gasteiger partial charge in [0.15, 0.2) is 0 Å². The number of nitrogens with zero attached hydrogens (tertiary/aromatic N) is 3. The van der Waals surface area contributed by atoms with Crippen LogP contribution in [0.4, 0.5) is 4.39 Å². The van der Waals surface area contributed by atoms with Crippen molar-refractivity contribution in [2.45, 2.75) is 46.3 Å². The summed E-state index contributed by atoms with van der Waals surface area (Å²) < 4.78 is 22.6. The molecule has 0 bridgehead atoms. The van der Waals surface area contributed by atoms with Gasteiger partial charge in [0, 0.05) is 31.5 Å². The number of aromatic nitrogens is 3. The van der Waals surface area contributed by atoms with Crippen LogP contribution < -0.4 is 0 Å². The lowest BCUT2D eigenvalue weighted by atomic mass is 10.0. The molecule has 2 heterocycles. The van der Waals surface area contributed by atoms with Crippen LogP contribution in [0.25, 0.3) is 21.3 Å². The molecule has 3 rings (SSSR count). The molecule has 0 amide bonds. The summed E-state index contributed by atoms with van der Waals surface area (Å²) in [4.78, 5) is 4.42. The van der Waals surface area contributed by atoms with Gasteiger partial charge in [0.1, 0.15) is 12.5 Å². The molecule has 0 unspecified atom stereocenters. The maximum absolute atomic E-state index is 14.0. The Kier molecular flexibility index (Phi) is 5.08. The predicted molar refractivity (Wildman–Crippen MR) is 104 cm³/mol. The van der Waals surface area contributed by atoms with Crippen molar-refractivity contribution in [2.24, 2.45) is 0 Å². The average Bonchev–Trinajstić information content (AvgIpc) is 3.07. The molecule has 0 aliphatic rings. The number of thiazole rings is 1. The molecule has 4 nitrogen and oxygen atoms in total. The van der Waals surface area contributed by atoms with Gasteiger partial charge >= 0.3 is 0 Å². The largest absolute Gasteiger partial charge is 0.360 e. The second-order valence-corrected chi connectivity index (χ2v) is 14.1. The van der Waals surface area contributed by atoms with Gasteiger partial charge in [-0.05, 0) is 32.0 Å². The van der Waals surface area contributed by atoms with Crippen molar-refractivity contribution in [3.8, 4) is 11.1 Å². The van der Waals surface area contributed by atoms with E-state index in [0.717, 1.165) is 45.4 Å². The van der Waals surface area contributed by atoms with Crippen LogP contribution >= 0.6 is 11.3 Å². The molecule has 0 atom stereocenters. The molecule has 7 heteroatoms. The number of hydrogen-bond acceptors (Lipinski definition) is 4. The van der Waals surface area contributed by atoms with Crippen LogP contribution in [0.1, 0.15) is 11.4 Å². The molecule has 0 fully saturated rings. The molecular formula is C18H24FN3OSSi. The number of hydrogen-bond donors (Lipinski definition) is 0. The second kappa shape index (κ2) is 6.97. The first-order chi connectivity index (χ1) is 11.8. The van der Waals surface area contributed by atoms with Gasteiger partial charge in [-0.25, -0.2) is 14.1 Å². The molecule has 1 aromatic carbocycles. The highest BCUT2D eigenvalue weighted by Crippen LogP contribution is 2.34. The topological polar surface area (TPSA) is 39.9 Å². The fourth-order valence-corrected chi connectivity index (χ4v) is 4.35. The monoisotopic (exact) mass is 377 g/mol. The van der Waals surface area contributed by atoms with Gasteiger partial charge in [0.05, 0.1) is 21.4 Å². The van der Waals surface area contributed by atoms with Gasteiger partial charge in [0.25, 0.3) is 0 Å². The van der Waals surface area contributed by atoms with Crippen LogP contribution in [0.2, 0.25) is 25.7 Å². The summed E-state index contributed by atoms with van der Waals surface area (Å²) in [5.74, 6) is -0.246. The maximum atomic E-state index is 14.0. The summed E-state index contributed by atoms with van der Waals surface area (Å²) in [5.41, 5.74) is 6.18. The zero-order chi connectivity index (χ0) is 18.2. The van der Waals surface area contributed by atoms with E-state index >= 15 is 0 Å². The lowest BCUT2D eigenvalue weighted by Gasteiger charge is -2.15. The summed E-state index contributed by atoms with van der Waals surface area (Å²) in [6, 6.07) is 4.21. The van der Waals surface area contributed by atoms with Crippen LogP contribution in [0.3, 0.4) is 0 Å². The van der Waals surface area contributed by atoms with E-state index in [9.17, 15) is 4.39 Å². The number of halogens is 1. The van der Waals surface area contributed by atoms with Crippen LogP contribution in [0.5, 0.6) is 0 Å². The van der Waals surface area contributed by atoms with E-state index in [-0.39, 0.29) is 5.82 Å². The van der Waals surface area contributed by atoms with E-state index in [4.69, 9.17) is 4.74 Å². The Morgan fingerprint density at radius 1 is 1.24 bits per heavy atom. The minimum Gasteiger partial charge on any atom is -0.360 e. The number of aryl methyl sites for hydroxylation is 1. The van der Waals surface area contributed by atoms with E-state index in [0.29, 0.717) is 6.73 Å². The van der Waals surface area contributed by atoms with E-state index in [1.807, 2.05) is 18.5 Å². The van der Waals surface area contributed by atoms with Gasteiger partial charge in [-0.15, -0.1) is 11.3 Å². The Bertz CT molecular complexity index is 898. The summed E-state index contributed by atoms with van der Waals surface area (Å²) >= 11 is 1.45. The van der Waals surface area contributed by atoms with Crippen molar-refractivity contribution in [3.05, 3.63) is 34.8 Å². The van der Waals surface area contributed by atoms with Gasteiger partial charge in [-0.1, -0.05) is 19.6 Å². The Morgan fingerprint density at radius 2 is 2.00 bits per heavy atom. The lowest BCUT2D eigenvalue weighted by Crippen LogP contribution is -2.22. The zero-order valence-corrected chi connectivity index (χ0v) is 17.2. The van der Waals surface area contributed by atoms with Crippen LogP contribution in [-0.2, 0) is 11.5 Å². The van der Waals surface area contributed by atoms with Gasteiger partial charge in [0.2, 0.25) is 0 Å². The third-order valence-electron chi connectivity index (χ3n) is 4.26. The van der Waals surface area contributed by atoms with Crippen LogP contribution in [0.15, 0.2) is 17.6 Å². The fraction of sp³-hybridized carbons (Fsp3) is 0.444. The SMILES string of the molecule is Cc1nn(COCC[Si](C)(C)C)c(C)c1-c1cc(F)cc2scnc12. The summed E-state index contributed by atoms with van der Waals surface area (Å²) in [7, 11) is -1.10. The average molecular weight is 378 g/mol. The quantitative estimate of drug-likeness (QED) is 0.436. The van der Waals surface area contributed by atoms with Crippen molar-refractivity contribution >= 4 is 29.6 Å². The number of rotatable bonds is 6.